The zero-order valence-corrected chi connectivity index (χ0v) is 13.2. The van der Waals surface area contributed by atoms with Gasteiger partial charge in [-0.2, -0.15) is 0 Å². The van der Waals surface area contributed by atoms with Gasteiger partial charge in [0.1, 0.15) is 0 Å². The Balaban J connectivity index is 1.99. The lowest BCUT2D eigenvalue weighted by Crippen LogP contribution is -2.43. The van der Waals surface area contributed by atoms with Gasteiger partial charge in [0.15, 0.2) is 0 Å². The molecule has 19 heavy (non-hydrogen) atoms. The third-order valence-electron chi connectivity index (χ3n) is 4.39. The molecular weight excluding hydrogens is 302 g/mol. The Morgan fingerprint density at radius 2 is 1.95 bits per heavy atom. The molecule has 104 valence electrons. The fraction of sp³-hybridized carbons (Fsp3) is 0.562. The number of rotatable bonds is 3. The Bertz CT molecular complexity index is 429. The van der Waals surface area contributed by atoms with E-state index in [0.717, 1.165) is 17.3 Å². The van der Waals surface area contributed by atoms with E-state index >= 15 is 0 Å². The minimum Gasteiger partial charge on any atom is -0.349 e. The Kier molecular flexibility index (Phi) is 5.03. The molecule has 1 amide bonds. The van der Waals surface area contributed by atoms with E-state index in [9.17, 15) is 4.79 Å². The third-order valence-corrected chi connectivity index (χ3v) is 5.04. The number of amides is 1. The molecule has 0 heterocycles. The lowest BCUT2D eigenvalue weighted by molar-refractivity contribution is 0.0891. The summed E-state index contributed by atoms with van der Waals surface area (Å²) in [4.78, 5) is 12.2. The molecule has 0 bridgehead atoms. The number of carbonyl (C=O) groups is 1. The van der Waals surface area contributed by atoms with Gasteiger partial charge in [-0.15, -0.1) is 0 Å². The molecule has 0 saturated heterocycles. The van der Waals surface area contributed by atoms with Crippen molar-refractivity contribution in [3.63, 3.8) is 0 Å². The summed E-state index contributed by atoms with van der Waals surface area (Å²) < 4.78 is 0. The summed E-state index contributed by atoms with van der Waals surface area (Å²) in [5, 5.41) is 4.03. The number of halogens is 1. The summed E-state index contributed by atoms with van der Waals surface area (Å²) in [5.74, 6) is 1.33. The van der Waals surface area contributed by atoms with Crippen molar-refractivity contribution in [1.29, 1.82) is 0 Å². The number of carbonyl (C=O) groups excluding carboxylic acids is 1. The number of benzene rings is 1. The topological polar surface area (TPSA) is 29.1 Å². The summed E-state index contributed by atoms with van der Waals surface area (Å²) in [6, 6.07) is 8.13. The molecule has 1 saturated carbocycles. The van der Waals surface area contributed by atoms with Crippen LogP contribution in [0.3, 0.4) is 0 Å². The summed E-state index contributed by atoms with van der Waals surface area (Å²) in [5.41, 5.74) is 1.95. The second-order valence-electron chi connectivity index (χ2n) is 5.68. The largest absolute Gasteiger partial charge is 0.349 e. The molecule has 1 aliphatic rings. The highest BCUT2D eigenvalue weighted by molar-refractivity contribution is 9.08. The van der Waals surface area contributed by atoms with Gasteiger partial charge in [0.05, 0.1) is 0 Å². The van der Waals surface area contributed by atoms with E-state index in [4.69, 9.17) is 0 Å². The summed E-state index contributed by atoms with van der Waals surface area (Å²) in [6.45, 7) is 4.54. The molecule has 3 heteroatoms. The first-order valence-corrected chi connectivity index (χ1v) is 8.19. The third kappa shape index (κ3) is 3.59. The van der Waals surface area contributed by atoms with Crippen LogP contribution in [-0.4, -0.2) is 11.9 Å². The highest BCUT2D eigenvalue weighted by Gasteiger charge is 2.28. The SMILES string of the molecule is CC1CCCC(NC(=O)c2ccc(CBr)cc2)C1C. The predicted molar refractivity (Wildman–Crippen MR) is 82.5 cm³/mol. The van der Waals surface area contributed by atoms with Crippen LogP contribution in [0.5, 0.6) is 0 Å². The van der Waals surface area contributed by atoms with E-state index in [1.807, 2.05) is 24.3 Å². The minimum absolute atomic E-state index is 0.0621. The smallest absolute Gasteiger partial charge is 0.251 e. The lowest BCUT2D eigenvalue weighted by atomic mass is 9.78. The molecule has 0 spiro atoms. The van der Waals surface area contributed by atoms with Crippen molar-refractivity contribution in [3.8, 4) is 0 Å². The molecule has 2 nitrogen and oxygen atoms in total. The van der Waals surface area contributed by atoms with Gasteiger partial charge >= 0.3 is 0 Å². The van der Waals surface area contributed by atoms with Crippen LogP contribution in [0, 0.1) is 11.8 Å². The molecule has 3 atom stereocenters. The fourth-order valence-electron chi connectivity index (χ4n) is 2.78. The van der Waals surface area contributed by atoms with Crippen LogP contribution < -0.4 is 5.32 Å². The molecule has 0 radical (unpaired) electrons. The number of nitrogens with one attached hydrogen (secondary N) is 1. The lowest BCUT2D eigenvalue weighted by Gasteiger charge is -2.34. The standard InChI is InChI=1S/C16H22BrNO/c1-11-4-3-5-15(12(11)2)18-16(19)14-8-6-13(10-17)7-9-14/h6-9,11-12,15H,3-5,10H2,1-2H3,(H,18,19). The molecule has 1 N–H and O–H groups in total. The van der Waals surface area contributed by atoms with E-state index in [1.165, 1.54) is 18.4 Å². The summed E-state index contributed by atoms with van der Waals surface area (Å²) in [6.07, 6.45) is 3.61. The maximum atomic E-state index is 12.2. The highest BCUT2D eigenvalue weighted by Crippen LogP contribution is 2.29. The Morgan fingerprint density at radius 3 is 2.58 bits per heavy atom. The average molecular weight is 324 g/mol. The maximum absolute atomic E-state index is 12.2. The van der Waals surface area contributed by atoms with E-state index in [1.54, 1.807) is 0 Å². The maximum Gasteiger partial charge on any atom is 0.251 e. The van der Waals surface area contributed by atoms with Crippen LogP contribution in [0.25, 0.3) is 0 Å². The van der Waals surface area contributed by atoms with Crippen molar-refractivity contribution in [3.05, 3.63) is 35.4 Å². The molecular formula is C16H22BrNO. The first-order valence-electron chi connectivity index (χ1n) is 7.07. The summed E-state index contributed by atoms with van der Waals surface area (Å²) in [7, 11) is 0. The van der Waals surface area contributed by atoms with Crippen LogP contribution in [0.15, 0.2) is 24.3 Å². The van der Waals surface area contributed by atoms with E-state index in [0.29, 0.717) is 17.9 Å². The van der Waals surface area contributed by atoms with Crippen molar-refractivity contribution >= 4 is 21.8 Å². The van der Waals surface area contributed by atoms with Crippen LogP contribution in [0.4, 0.5) is 0 Å². The monoisotopic (exact) mass is 323 g/mol. The zero-order valence-electron chi connectivity index (χ0n) is 11.7. The quantitative estimate of drug-likeness (QED) is 0.832. The molecule has 2 rings (SSSR count). The normalized spacial score (nSPS) is 27.0. The first kappa shape index (κ1) is 14.6. The van der Waals surface area contributed by atoms with E-state index < -0.39 is 0 Å². The van der Waals surface area contributed by atoms with Gasteiger partial charge in [-0.25, -0.2) is 0 Å². The number of hydrogen-bond acceptors (Lipinski definition) is 1. The van der Waals surface area contributed by atoms with Gasteiger partial charge in [-0.3, -0.25) is 4.79 Å². The van der Waals surface area contributed by atoms with Crippen molar-refractivity contribution in [2.45, 2.75) is 44.5 Å². The fourth-order valence-corrected chi connectivity index (χ4v) is 3.16. The Labute approximate surface area is 124 Å². The van der Waals surface area contributed by atoms with Crippen LogP contribution in [0.2, 0.25) is 0 Å². The second-order valence-corrected chi connectivity index (χ2v) is 6.24. The molecule has 0 aliphatic heterocycles. The van der Waals surface area contributed by atoms with Crippen LogP contribution >= 0.6 is 15.9 Å². The van der Waals surface area contributed by atoms with Gasteiger partial charge in [0.2, 0.25) is 0 Å². The molecule has 1 aromatic carbocycles. The van der Waals surface area contributed by atoms with E-state index in [2.05, 4.69) is 35.1 Å². The number of hydrogen-bond donors (Lipinski definition) is 1. The molecule has 0 aromatic heterocycles. The molecule has 1 aliphatic carbocycles. The van der Waals surface area contributed by atoms with Gasteiger partial charge in [-0.05, 0) is 36.0 Å². The van der Waals surface area contributed by atoms with Crippen LogP contribution in [0.1, 0.15) is 49.0 Å². The summed E-state index contributed by atoms with van der Waals surface area (Å²) >= 11 is 3.41. The molecule has 3 unspecified atom stereocenters. The molecule has 1 fully saturated rings. The Morgan fingerprint density at radius 1 is 1.26 bits per heavy atom. The first-order chi connectivity index (χ1) is 9.11. The van der Waals surface area contributed by atoms with Crippen molar-refractivity contribution in [2.24, 2.45) is 11.8 Å². The minimum atomic E-state index is 0.0621. The highest BCUT2D eigenvalue weighted by atomic mass is 79.9. The number of alkyl halides is 1. The van der Waals surface area contributed by atoms with Gasteiger partial charge in [-0.1, -0.05) is 54.8 Å². The molecule has 1 aromatic rings. The Hall–Kier alpha value is -0.830. The van der Waals surface area contributed by atoms with Crippen molar-refractivity contribution in [2.75, 3.05) is 0 Å². The van der Waals surface area contributed by atoms with Crippen molar-refractivity contribution < 1.29 is 4.79 Å². The second kappa shape index (κ2) is 6.56. The average Bonchev–Trinajstić information content (AvgIpc) is 2.44. The van der Waals surface area contributed by atoms with Gasteiger partial charge in [0.25, 0.3) is 5.91 Å². The predicted octanol–water partition coefficient (Wildman–Crippen LogP) is 4.14. The van der Waals surface area contributed by atoms with Crippen LogP contribution in [-0.2, 0) is 5.33 Å². The van der Waals surface area contributed by atoms with Gasteiger partial charge < -0.3 is 5.32 Å². The van der Waals surface area contributed by atoms with Crippen molar-refractivity contribution in [1.82, 2.24) is 5.32 Å². The van der Waals surface area contributed by atoms with E-state index in [-0.39, 0.29) is 5.91 Å². The van der Waals surface area contributed by atoms with Gasteiger partial charge in [0, 0.05) is 16.9 Å². The zero-order chi connectivity index (χ0) is 13.8.